The number of nitrogens with zero attached hydrogens (tertiary/aromatic N) is 1. The largest absolute Gasteiger partial charge is 0.504 e. The van der Waals surface area contributed by atoms with Crippen LogP contribution in [-0.4, -0.2) is 21.1 Å². The molecular formula is C15H15N3O2S. The summed E-state index contributed by atoms with van der Waals surface area (Å²) in [5.74, 6) is -0.154. The molecule has 0 atom stereocenters. The van der Waals surface area contributed by atoms with Crippen LogP contribution in [0.25, 0.3) is 0 Å². The van der Waals surface area contributed by atoms with Crippen molar-refractivity contribution in [3.63, 3.8) is 0 Å². The Morgan fingerprint density at radius 2 is 1.90 bits per heavy atom. The van der Waals surface area contributed by atoms with Crippen molar-refractivity contribution in [1.82, 2.24) is 10.3 Å². The number of aryl methyl sites for hydroxylation is 2. The van der Waals surface area contributed by atoms with Crippen LogP contribution in [0.3, 0.4) is 0 Å². The lowest BCUT2D eigenvalue weighted by molar-refractivity contribution is 0.0977. The van der Waals surface area contributed by atoms with E-state index in [9.17, 15) is 9.90 Å². The maximum atomic E-state index is 12.1. The van der Waals surface area contributed by atoms with Crippen LogP contribution < -0.4 is 10.6 Å². The van der Waals surface area contributed by atoms with Crippen molar-refractivity contribution in [1.29, 1.82) is 0 Å². The molecule has 0 aliphatic carbocycles. The Hall–Kier alpha value is -2.47. The van der Waals surface area contributed by atoms with Crippen LogP contribution >= 0.6 is 12.2 Å². The van der Waals surface area contributed by atoms with Gasteiger partial charge in [0.15, 0.2) is 16.7 Å². The van der Waals surface area contributed by atoms with Crippen molar-refractivity contribution in [2.45, 2.75) is 13.8 Å². The molecule has 0 spiro atoms. The fourth-order valence-corrected chi connectivity index (χ4v) is 2.10. The van der Waals surface area contributed by atoms with E-state index in [0.717, 1.165) is 11.1 Å². The van der Waals surface area contributed by atoms with Crippen molar-refractivity contribution in [2.24, 2.45) is 0 Å². The molecule has 0 aliphatic heterocycles. The molecule has 3 N–H and O–H groups in total. The number of aromatic hydroxyl groups is 1. The molecule has 6 heteroatoms. The summed E-state index contributed by atoms with van der Waals surface area (Å²) in [6.07, 6.45) is 1.51. The third-order valence-electron chi connectivity index (χ3n) is 2.73. The lowest BCUT2D eigenvalue weighted by Gasteiger charge is -2.10. The molecule has 0 bridgehead atoms. The molecule has 1 aromatic heterocycles. The van der Waals surface area contributed by atoms with Crippen molar-refractivity contribution < 1.29 is 9.90 Å². The molecule has 0 saturated carbocycles. The van der Waals surface area contributed by atoms with Gasteiger partial charge in [-0.2, -0.15) is 0 Å². The summed E-state index contributed by atoms with van der Waals surface area (Å²) in [4.78, 5) is 16.0. The van der Waals surface area contributed by atoms with Gasteiger partial charge >= 0.3 is 0 Å². The van der Waals surface area contributed by atoms with Gasteiger partial charge in [-0.3, -0.25) is 10.1 Å². The van der Waals surface area contributed by atoms with E-state index in [1.807, 2.05) is 19.9 Å². The Balaban J connectivity index is 2.06. The molecule has 0 unspecified atom stereocenters. The van der Waals surface area contributed by atoms with Crippen LogP contribution in [-0.2, 0) is 0 Å². The predicted molar refractivity (Wildman–Crippen MR) is 85.5 cm³/mol. The Morgan fingerprint density at radius 1 is 1.24 bits per heavy atom. The lowest BCUT2D eigenvalue weighted by atomic mass is 10.1. The standard InChI is InChI=1S/C15H15N3O2S/c1-9-6-10(2)8-11(7-9)14(20)18-15(21)17-13-12(19)4-3-5-16-13/h3-8,19H,1-2H3,(H2,16,17,18,20,21). The lowest BCUT2D eigenvalue weighted by Crippen LogP contribution is -2.34. The average molecular weight is 301 g/mol. The minimum Gasteiger partial charge on any atom is -0.504 e. The molecule has 0 saturated heterocycles. The number of benzene rings is 1. The van der Waals surface area contributed by atoms with Gasteiger partial charge in [-0.05, 0) is 50.3 Å². The SMILES string of the molecule is Cc1cc(C)cc(C(=O)NC(=S)Nc2ncccc2O)c1. The average Bonchev–Trinajstić information content (AvgIpc) is 2.40. The number of carbonyl (C=O) groups excluding carboxylic acids is 1. The maximum Gasteiger partial charge on any atom is 0.257 e. The first-order chi connectivity index (χ1) is 9.95. The molecule has 5 nitrogen and oxygen atoms in total. The summed E-state index contributed by atoms with van der Waals surface area (Å²) < 4.78 is 0. The number of carbonyl (C=O) groups is 1. The van der Waals surface area contributed by atoms with Crippen molar-refractivity contribution in [3.8, 4) is 5.75 Å². The number of pyridine rings is 1. The fraction of sp³-hybridized carbons (Fsp3) is 0.133. The second kappa shape index (κ2) is 6.32. The number of hydrogen-bond acceptors (Lipinski definition) is 4. The summed E-state index contributed by atoms with van der Waals surface area (Å²) in [5, 5.41) is 14.9. The van der Waals surface area contributed by atoms with Gasteiger partial charge in [0.2, 0.25) is 0 Å². The highest BCUT2D eigenvalue weighted by Gasteiger charge is 2.10. The Labute approximate surface area is 128 Å². The van der Waals surface area contributed by atoms with E-state index in [1.165, 1.54) is 12.3 Å². The summed E-state index contributed by atoms with van der Waals surface area (Å²) in [6, 6.07) is 8.62. The molecule has 1 heterocycles. The highest BCUT2D eigenvalue weighted by molar-refractivity contribution is 7.80. The number of nitrogens with one attached hydrogen (secondary N) is 2. The first-order valence-electron chi connectivity index (χ1n) is 6.30. The summed E-state index contributed by atoms with van der Waals surface area (Å²) in [6.45, 7) is 3.85. The summed E-state index contributed by atoms with van der Waals surface area (Å²) in [7, 11) is 0. The number of hydrogen-bond donors (Lipinski definition) is 3. The highest BCUT2D eigenvalue weighted by atomic mass is 32.1. The molecule has 1 amide bonds. The van der Waals surface area contributed by atoms with Gasteiger partial charge in [-0.15, -0.1) is 0 Å². The summed E-state index contributed by atoms with van der Waals surface area (Å²) >= 11 is 5.04. The molecular weight excluding hydrogens is 286 g/mol. The third kappa shape index (κ3) is 4.00. The third-order valence-corrected chi connectivity index (χ3v) is 2.93. The zero-order valence-electron chi connectivity index (χ0n) is 11.7. The topological polar surface area (TPSA) is 74.2 Å². The number of thiocarbonyl (C=S) groups is 1. The van der Waals surface area contributed by atoms with Crippen LogP contribution in [0.2, 0.25) is 0 Å². The van der Waals surface area contributed by atoms with E-state index >= 15 is 0 Å². The van der Waals surface area contributed by atoms with Crippen LogP contribution in [0, 0.1) is 13.8 Å². The maximum absolute atomic E-state index is 12.1. The quantitative estimate of drug-likeness (QED) is 0.743. The van der Waals surface area contributed by atoms with Gasteiger partial charge in [0, 0.05) is 11.8 Å². The molecule has 108 valence electrons. The Kier molecular flexibility index (Phi) is 4.49. The first-order valence-corrected chi connectivity index (χ1v) is 6.71. The van der Waals surface area contributed by atoms with E-state index in [1.54, 1.807) is 18.2 Å². The molecule has 0 radical (unpaired) electrons. The van der Waals surface area contributed by atoms with E-state index in [2.05, 4.69) is 15.6 Å². The molecule has 0 fully saturated rings. The van der Waals surface area contributed by atoms with Gasteiger partial charge in [-0.1, -0.05) is 17.2 Å². The van der Waals surface area contributed by atoms with E-state index in [4.69, 9.17) is 12.2 Å². The second-order valence-electron chi connectivity index (χ2n) is 4.66. The predicted octanol–water partition coefficient (Wildman–Crippen LogP) is 2.53. The molecule has 1 aromatic carbocycles. The van der Waals surface area contributed by atoms with Crippen molar-refractivity contribution in [2.75, 3.05) is 5.32 Å². The fourth-order valence-electron chi connectivity index (χ4n) is 1.91. The van der Waals surface area contributed by atoms with Crippen molar-refractivity contribution in [3.05, 3.63) is 53.2 Å². The normalized spacial score (nSPS) is 10.0. The van der Waals surface area contributed by atoms with Crippen LogP contribution in [0.1, 0.15) is 21.5 Å². The highest BCUT2D eigenvalue weighted by Crippen LogP contribution is 2.18. The van der Waals surface area contributed by atoms with Crippen LogP contribution in [0.15, 0.2) is 36.5 Å². The monoisotopic (exact) mass is 301 g/mol. The zero-order valence-corrected chi connectivity index (χ0v) is 12.5. The summed E-state index contributed by atoms with van der Waals surface area (Å²) in [5.41, 5.74) is 2.53. The molecule has 2 aromatic rings. The smallest absolute Gasteiger partial charge is 0.257 e. The number of amides is 1. The van der Waals surface area contributed by atoms with Gasteiger partial charge in [0.05, 0.1) is 0 Å². The van der Waals surface area contributed by atoms with Gasteiger partial charge < -0.3 is 10.4 Å². The Bertz CT molecular complexity index is 681. The second-order valence-corrected chi connectivity index (χ2v) is 5.06. The molecule has 21 heavy (non-hydrogen) atoms. The van der Waals surface area contributed by atoms with E-state index in [-0.39, 0.29) is 22.6 Å². The van der Waals surface area contributed by atoms with Crippen molar-refractivity contribution >= 4 is 29.1 Å². The molecule has 2 rings (SSSR count). The van der Waals surface area contributed by atoms with Crippen LogP contribution in [0.4, 0.5) is 5.82 Å². The number of rotatable bonds is 2. The minimum absolute atomic E-state index is 0.0412. The van der Waals surface area contributed by atoms with Gasteiger partial charge in [0.25, 0.3) is 5.91 Å². The Morgan fingerprint density at radius 3 is 2.52 bits per heavy atom. The number of aromatic nitrogens is 1. The zero-order chi connectivity index (χ0) is 15.4. The first kappa shape index (κ1) is 14.9. The molecule has 0 aliphatic rings. The number of anilines is 1. The van der Waals surface area contributed by atoms with E-state index in [0.29, 0.717) is 5.56 Å². The van der Waals surface area contributed by atoms with Gasteiger partial charge in [-0.25, -0.2) is 4.98 Å². The minimum atomic E-state index is -0.310. The van der Waals surface area contributed by atoms with Gasteiger partial charge in [0.1, 0.15) is 0 Å². The van der Waals surface area contributed by atoms with E-state index < -0.39 is 0 Å². The van der Waals surface area contributed by atoms with Crippen LogP contribution in [0.5, 0.6) is 5.75 Å².